The molecule has 3 heteroatoms. The van der Waals surface area contributed by atoms with E-state index in [4.69, 9.17) is 0 Å². The van der Waals surface area contributed by atoms with Crippen molar-refractivity contribution in [3.8, 4) is 0 Å². The number of rotatable bonds is 4. The Hall–Kier alpha value is -2.88. The molecule has 140 valence electrons. The van der Waals surface area contributed by atoms with Gasteiger partial charge in [-0.3, -0.25) is 0 Å². The molecule has 1 aliphatic heterocycles. The van der Waals surface area contributed by atoms with Gasteiger partial charge in [-0.2, -0.15) is 0 Å². The third-order valence-electron chi connectivity index (χ3n) is 5.86. The van der Waals surface area contributed by atoms with E-state index in [0.717, 1.165) is 6.54 Å². The van der Waals surface area contributed by atoms with Crippen LogP contribution in [0.25, 0.3) is 10.9 Å². The maximum absolute atomic E-state index is 11.2. The van der Waals surface area contributed by atoms with Gasteiger partial charge in [-0.05, 0) is 28.6 Å². The van der Waals surface area contributed by atoms with Gasteiger partial charge in [0.2, 0.25) is 0 Å². The van der Waals surface area contributed by atoms with Crippen LogP contribution in [0.3, 0.4) is 0 Å². The summed E-state index contributed by atoms with van der Waals surface area (Å²) in [6.07, 6.45) is -0.445. The van der Waals surface area contributed by atoms with Crippen molar-refractivity contribution in [1.82, 2.24) is 9.88 Å². The highest BCUT2D eigenvalue weighted by molar-refractivity contribution is 5.81. The van der Waals surface area contributed by atoms with Gasteiger partial charge in [0.1, 0.15) is 0 Å². The van der Waals surface area contributed by atoms with Gasteiger partial charge in [0.25, 0.3) is 0 Å². The smallest absolute Gasteiger partial charge is 0.0806 e. The molecule has 3 nitrogen and oxygen atoms in total. The zero-order valence-electron chi connectivity index (χ0n) is 15.7. The lowest BCUT2D eigenvalue weighted by molar-refractivity contribution is 0.0870. The van der Waals surface area contributed by atoms with Crippen molar-refractivity contribution >= 4 is 10.9 Å². The fraction of sp³-hybridized carbons (Fsp3) is 0.200. The highest BCUT2D eigenvalue weighted by Crippen LogP contribution is 2.41. The Morgan fingerprint density at radius 2 is 1.54 bits per heavy atom. The molecule has 0 bridgehead atoms. The van der Waals surface area contributed by atoms with Crippen molar-refractivity contribution in [2.24, 2.45) is 0 Å². The summed E-state index contributed by atoms with van der Waals surface area (Å²) in [6, 6.07) is 31.6. The van der Waals surface area contributed by atoms with E-state index < -0.39 is 6.10 Å². The van der Waals surface area contributed by atoms with Crippen LogP contribution in [-0.2, 0) is 13.1 Å². The number of nitrogens with zero attached hydrogens (tertiary/aromatic N) is 1. The lowest BCUT2D eigenvalue weighted by Gasteiger charge is -2.38. The minimum absolute atomic E-state index is 0.0155. The van der Waals surface area contributed by atoms with Gasteiger partial charge in [-0.25, -0.2) is 0 Å². The van der Waals surface area contributed by atoms with Gasteiger partial charge >= 0.3 is 0 Å². The molecule has 2 heterocycles. The van der Waals surface area contributed by atoms with Gasteiger partial charge in [0.05, 0.1) is 12.1 Å². The summed E-state index contributed by atoms with van der Waals surface area (Å²) in [6.45, 7) is 1.38. The van der Waals surface area contributed by atoms with E-state index in [-0.39, 0.29) is 12.0 Å². The first-order valence-corrected chi connectivity index (χ1v) is 9.90. The molecule has 28 heavy (non-hydrogen) atoms. The van der Waals surface area contributed by atoms with Crippen molar-refractivity contribution in [1.29, 1.82) is 0 Å². The van der Waals surface area contributed by atoms with Crippen LogP contribution in [0.4, 0.5) is 0 Å². The predicted molar refractivity (Wildman–Crippen MR) is 113 cm³/mol. The second kappa shape index (κ2) is 7.27. The van der Waals surface area contributed by atoms with Gasteiger partial charge in [-0.1, -0.05) is 78.9 Å². The number of aliphatic hydroxyl groups is 1. The number of hydrogen-bond acceptors (Lipinski definition) is 2. The van der Waals surface area contributed by atoms with Crippen LogP contribution in [0.5, 0.6) is 0 Å². The number of hydrogen-bond donors (Lipinski definition) is 2. The van der Waals surface area contributed by atoms with E-state index in [9.17, 15) is 5.11 Å². The van der Waals surface area contributed by atoms with Crippen LogP contribution < -0.4 is 5.32 Å². The standard InChI is InChI=1S/C25H24N2O/c28-23-17-27-21-14-8-7-13-20(21)15-22(27)25(24(23)19-11-5-2-6-12-19)26-16-18-9-3-1-4-10-18/h1-15,23-26,28H,16-17H2/t23-,24+,25+/m1/s1. The zero-order valence-corrected chi connectivity index (χ0v) is 15.7. The minimum atomic E-state index is -0.445. The summed E-state index contributed by atoms with van der Waals surface area (Å²) in [5, 5.41) is 16.1. The summed E-state index contributed by atoms with van der Waals surface area (Å²) in [5.41, 5.74) is 4.86. The third-order valence-corrected chi connectivity index (χ3v) is 5.86. The molecule has 3 atom stereocenters. The SMILES string of the molecule is O[C@@H]1Cn2c(cc3ccccc32)[C@H](NCc2ccccc2)[C@H]1c1ccccc1. The second-order valence-corrected chi connectivity index (χ2v) is 7.59. The molecule has 0 radical (unpaired) electrons. The molecule has 0 fully saturated rings. The molecular weight excluding hydrogens is 344 g/mol. The molecule has 0 saturated heterocycles. The summed E-state index contributed by atoms with van der Waals surface area (Å²) >= 11 is 0. The van der Waals surface area contributed by atoms with Crippen molar-refractivity contribution in [3.63, 3.8) is 0 Å². The lowest BCUT2D eigenvalue weighted by atomic mass is 9.82. The van der Waals surface area contributed by atoms with Gasteiger partial charge in [-0.15, -0.1) is 0 Å². The van der Waals surface area contributed by atoms with E-state index in [1.807, 2.05) is 12.1 Å². The number of para-hydroxylation sites is 1. The Morgan fingerprint density at radius 3 is 2.32 bits per heavy atom. The van der Waals surface area contributed by atoms with Crippen LogP contribution in [0.2, 0.25) is 0 Å². The molecule has 1 aromatic heterocycles. The average Bonchev–Trinajstić information content (AvgIpc) is 3.11. The number of aromatic nitrogens is 1. The molecule has 4 aromatic rings. The predicted octanol–water partition coefficient (Wildman–Crippen LogP) is 4.63. The van der Waals surface area contributed by atoms with E-state index in [1.54, 1.807) is 0 Å². The maximum atomic E-state index is 11.2. The molecule has 3 aromatic carbocycles. The number of fused-ring (bicyclic) bond motifs is 3. The normalized spacial score (nSPS) is 21.5. The first-order valence-electron chi connectivity index (χ1n) is 9.90. The molecule has 2 N–H and O–H groups in total. The van der Waals surface area contributed by atoms with Crippen molar-refractivity contribution in [2.45, 2.75) is 31.2 Å². The third kappa shape index (κ3) is 3.03. The van der Waals surface area contributed by atoms with Crippen LogP contribution in [0.15, 0.2) is 91.0 Å². The van der Waals surface area contributed by atoms with E-state index in [2.05, 4.69) is 88.7 Å². The van der Waals surface area contributed by atoms with Crippen molar-refractivity contribution in [3.05, 3.63) is 108 Å². The minimum Gasteiger partial charge on any atom is -0.391 e. The summed E-state index contributed by atoms with van der Waals surface area (Å²) in [5.74, 6) is 0.0155. The highest BCUT2D eigenvalue weighted by atomic mass is 16.3. The van der Waals surface area contributed by atoms with E-state index in [1.165, 1.54) is 27.7 Å². The molecule has 0 unspecified atom stereocenters. The Morgan fingerprint density at radius 1 is 0.857 bits per heavy atom. The number of nitrogens with one attached hydrogen (secondary N) is 1. The average molecular weight is 368 g/mol. The molecule has 5 rings (SSSR count). The number of benzene rings is 3. The fourth-order valence-corrected chi connectivity index (χ4v) is 4.54. The monoisotopic (exact) mass is 368 g/mol. The Kier molecular flexibility index (Phi) is 4.47. The Bertz CT molecular complexity index is 1070. The lowest BCUT2D eigenvalue weighted by Crippen LogP contribution is -2.41. The first kappa shape index (κ1) is 17.2. The van der Waals surface area contributed by atoms with Crippen molar-refractivity contribution in [2.75, 3.05) is 0 Å². The largest absolute Gasteiger partial charge is 0.391 e. The first-order chi connectivity index (χ1) is 13.8. The van der Waals surface area contributed by atoms with Gasteiger partial charge in [0.15, 0.2) is 0 Å². The van der Waals surface area contributed by atoms with E-state index >= 15 is 0 Å². The van der Waals surface area contributed by atoms with Gasteiger partial charge in [0, 0.05) is 30.2 Å². The van der Waals surface area contributed by atoms with Crippen LogP contribution in [0.1, 0.15) is 28.8 Å². The maximum Gasteiger partial charge on any atom is 0.0806 e. The quantitative estimate of drug-likeness (QED) is 0.551. The topological polar surface area (TPSA) is 37.2 Å². The van der Waals surface area contributed by atoms with Crippen LogP contribution in [0, 0.1) is 0 Å². The van der Waals surface area contributed by atoms with Gasteiger partial charge < -0.3 is 15.0 Å². The Balaban J connectivity index is 1.58. The molecule has 0 amide bonds. The fourth-order valence-electron chi connectivity index (χ4n) is 4.54. The van der Waals surface area contributed by atoms with Crippen molar-refractivity contribution < 1.29 is 5.11 Å². The highest BCUT2D eigenvalue weighted by Gasteiger charge is 2.37. The summed E-state index contributed by atoms with van der Waals surface area (Å²) < 4.78 is 2.28. The van der Waals surface area contributed by atoms with E-state index in [0.29, 0.717) is 6.54 Å². The Labute approximate surface area is 165 Å². The molecular formula is C25H24N2O. The van der Waals surface area contributed by atoms with Crippen LogP contribution in [-0.4, -0.2) is 15.8 Å². The zero-order chi connectivity index (χ0) is 18.9. The molecule has 0 aliphatic carbocycles. The molecule has 1 aliphatic rings. The summed E-state index contributed by atoms with van der Waals surface area (Å²) in [4.78, 5) is 0. The molecule has 0 saturated carbocycles. The summed E-state index contributed by atoms with van der Waals surface area (Å²) in [7, 11) is 0. The second-order valence-electron chi connectivity index (χ2n) is 7.59. The number of aliphatic hydroxyl groups excluding tert-OH is 1. The molecule has 0 spiro atoms. The van der Waals surface area contributed by atoms with Crippen LogP contribution >= 0.6 is 0 Å².